The predicted molar refractivity (Wildman–Crippen MR) is 147 cm³/mol. The van der Waals surface area contributed by atoms with Crippen LogP contribution >= 0.6 is 0 Å². The zero-order valence-electron chi connectivity index (χ0n) is 24.2. The van der Waals surface area contributed by atoms with Gasteiger partial charge in [0.15, 0.2) is 0 Å². The van der Waals surface area contributed by atoms with E-state index in [2.05, 4.69) is 13.8 Å². The molecule has 0 saturated heterocycles. The molecule has 0 radical (unpaired) electrons. The number of unbranched alkanes of at least 4 members (excludes halogenated alkanes) is 15. The quantitative estimate of drug-likeness (QED) is 0.0590. The van der Waals surface area contributed by atoms with Crippen LogP contribution in [0.3, 0.4) is 0 Å². The van der Waals surface area contributed by atoms with Gasteiger partial charge in [-0.15, -0.1) is 0 Å². The Morgan fingerprint density at radius 2 is 0.553 bits per heavy atom. The van der Waals surface area contributed by atoms with Gasteiger partial charge in [0.2, 0.25) is 13.6 Å². The fourth-order valence-electron chi connectivity index (χ4n) is 3.96. The summed E-state index contributed by atoms with van der Waals surface area (Å²) in [5.74, 6) is -1.28. The van der Waals surface area contributed by atoms with E-state index in [1.807, 2.05) is 0 Å². The molecule has 0 saturated carbocycles. The number of carbonyl (C=O) groups is 4. The van der Waals surface area contributed by atoms with Crippen LogP contribution in [0.2, 0.25) is 0 Å². The Hall–Kier alpha value is -2.12. The normalized spacial score (nSPS) is 10.7. The molecule has 222 valence electrons. The average molecular weight is 543 g/mol. The largest absolute Gasteiger partial charge is 0.428 e. The molecular weight excluding hydrogens is 488 g/mol. The van der Waals surface area contributed by atoms with Crippen molar-refractivity contribution in [1.29, 1.82) is 0 Å². The van der Waals surface area contributed by atoms with Crippen molar-refractivity contribution in [2.75, 3.05) is 13.6 Å². The molecule has 0 aromatic heterocycles. The van der Waals surface area contributed by atoms with Crippen molar-refractivity contribution < 1.29 is 38.1 Å². The average Bonchev–Trinajstić information content (AvgIpc) is 2.89. The molecule has 8 nitrogen and oxygen atoms in total. The van der Waals surface area contributed by atoms with Crippen molar-refractivity contribution in [2.45, 2.75) is 155 Å². The second kappa shape index (κ2) is 27.9. The first-order chi connectivity index (χ1) is 18.5. The van der Waals surface area contributed by atoms with Crippen molar-refractivity contribution in [3.05, 3.63) is 0 Å². The van der Waals surface area contributed by atoms with Gasteiger partial charge in [0.05, 0.1) is 0 Å². The van der Waals surface area contributed by atoms with Gasteiger partial charge >= 0.3 is 23.9 Å². The summed E-state index contributed by atoms with van der Waals surface area (Å²) in [5.41, 5.74) is 0. The summed E-state index contributed by atoms with van der Waals surface area (Å²) < 4.78 is 19.8. The smallest absolute Gasteiger partial charge is 0.308 e. The highest BCUT2D eigenvalue weighted by atomic mass is 16.7. The van der Waals surface area contributed by atoms with E-state index in [1.165, 1.54) is 25.7 Å². The van der Waals surface area contributed by atoms with E-state index < -0.39 is 0 Å². The first-order valence-electron chi connectivity index (χ1n) is 15.1. The second-order valence-electron chi connectivity index (χ2n) is 9.96. The van der Waals surface area contributed by atoms with Gasteiger partial charge in [0.25, 0.3) is 0 Å². The number of hydrogen-bond donors (Lipinski definition) is 0. The zero-order valence-corrected chi connectivity index (χ0v) is 24.2. The van der Waals surface area contributed by atoms with Crippen LogP contribution in [-0.2, 0) is 38.1 Å². The maximum Gasteiger partial charge on any atom is 0.308 e. The molecule has 0 N–H and O–H groups in total. The lowest BCUT2D eigenvalue weighted by molar-refractivity contribution is -0.169. The van der Waals surface area contributed by atoms with Gasteiger partial charge in [-0.3, -0.25) is 19.2 Å². The molecule has 38 heavy (non-hydrogen) atoms. The molecule has 0 aliphatic rings. The van der Waals surface area contributed by atoms with Gasteiger partial charge in [0.1, 0.15) is 0 Å². The van der Waals surface area contributed by atoms with Crippen molar-refractivity contribution in [3.8, 4) is 0 Å². The Morgan fingerprint density at radius 3 is 0.789 bits per heavy atom. The molecule has 0 aliphatic carbocycles. The van der Waals surface area contributed by atoms with Gasteiger partial charge in [-0.05, 0) is 25.7 Å². The third-order valence-corrected chi connectivity index (χ3v) is 6.36. The number of esters is 4. The van der Waals surface area contributed by atoms with Crippen LogP contribution in [0.4, 0.5) is 0 Å². The maximum atomic E-state index is 11.7. The van der Waals surface area contributed by atoms with Crippen molar-refractivity contribution in [2.24, 2.45) is 0 Å². The summed E-state index contributed by atoms with van der Waals surface area (Å²) in [6.07, 6.45) is 19.8. The third kappa shape index (κ3) is 26.9. The number of rotatable bonds is 27. The second-order valence-corrected chi connectivity index (χ2v) is 9.96. The SMILES string of the molecule is CCCCCCCC(=O)OCOC(=O)CCCCCCCCCCC(=O)OCOC(=O)CCCCCCC. The van der Waals surface area contributed by atoms with Crippen LogP contribution < -0.4 is 0 Å². The van der Waals surface area contributed by atoms with Crippen molar-refractivity contribution in [3.63, 3.8) is 0 Å². The molecule has 0 amide bonds. The molecule has 0 spiro atoms. The lowest BCUT2D eigenvalue weighted by Gasteiger charge is -2.07. The van der Waals surface area contributed by atoms with Crippen molar-refractivity contribution >= 4 is 23.9 Å². The molecule has 8 heteroatoms. The van der Waals surface area contributed by atoms with E-state index in [-0.39, 0.29) is 37.5 Å². The Bertz CT molecular complexity index is 553. The van der Waals surface area contributed by atoms with E-state index in [1.54, 1.807) is 0 Å². The van der Waals surface area contributed by atoms with Gasteiger partial charge in [-0.2, -0.15) is 0 Å². The lowest BCUT2D eigenvalue weighted by Crippen LogP contribution is -2.12. The maximum absolute atomic E-state index is 11.7. The lowest BCUT2D eigenvalue weighted by atomic mass is 10.1. The minimum atomic E-state index is -0.329. The highest BCUT2D eigenvalue weighted by Crippen LogP contribution is 2.12. The molecule has 0 rings (SSSR count). The van der Waals surface area contributed by atoms with Crippen LogP contribution in [0.1, 0.15) is 155 Å². The first kappa shape index (κ1) is 35.9. The monoisotopic (exact) mass is 542 g/mol. The molecule has 0 unspecified atom stereocenters. The number of ether oxygens (including phenoxy) is 4. The fourth-order valence-corrected chi connectivity index (χ4v) is 3.96. The molecule has 0 heterocycles. The topological polar surface area (TPSA) is 105 Å². The third-order valence-electron chi connectivity index (χ3n) is 6.36. The zero-order chi connectivity index (χ0) is 28.1. The van der Waals surface area contributed by atoms with Crippen LogP contribution in [0, 0.1) is 0 Å². The summed E-state index contributed by atoms with van der Waals surface area (Å²) in [5, 5.41) is 0. The molecule has 0 aliphatic heterocycles. The first-order valence-corrected chi connectivity index (χ1v) is 15.1. The highest BCUT2D eigenvalue weighted by Gasteiger charge is 2.08. The standard InChI is InChI=1S/C30H54O8/c1-3-5-7-13-17-21-27(31)35-25-37-29(33)23-19-15-11-9-10-12-16-20-24-30(34)38-26-36-28(32)22-18-14-8-6-4-2/h3-26H2,1-2H3. The van der Waals surface area contributed by atoms with E-state index in [9.17, 15) is 19.2 Å². The Balaban J connectivity index is 3.40. The Labute approximate surface area is 230 Å². The van der Waals surface area contributed by atoms with Crippen LogP contribution in [0.15, 0.2) is 0 Å². The Kier molecular flexibility index (Phi) is 26.3. The molecule has 0 aromatic rings. The van der Waals surface area contributed by atoms with Crippen LogP contribution in [-0.4, -0.2) is 37.5 Å². The van der Waals surface area contributed by atoms with E-state index in [0.717, 1.165) is 89.9 Å². The fraction of sp³-hybridized carbons (Fsp3) is 0.867. The number of carbonyl (C=O) groups excluding carboxylic acids is 4. The minimum absolute atomic E-state index is 0.287. The minimum Gasteiger partial charge on any atom is -0.428 e. The van der Waals surface area contributed by atoms with Gasteiger partial charge in [-0.25, -0.2) is 0 Å². The summed E-state index contributed by atoms with van der Waals surface area (Å²) >= 11 is 0. The molecule has 0 atom stereocenters. The molecule has 0 aromatic carbocycles. The summed E-state index contributed by atoms with van der Waals surface area (Å²) in [7, 11) is 0. The van der Waals surface area contributed by atoms with E-state index in [4.69, 9.17) is 18.9 Å². The summed E-state index contributed by atoms with van der Waals surface area (Å²) in [6.45, 7) is 3.72. The highest BCUT2D eigenvalue weighted by molar-refractivity contribution is 5.71. The van der Waals surface area contributed by atoms with Gasteiger partial charge in [-0.1, -0.05) is 104 Å². The number of hydrogen-bond acceptors (Lipinski definition) is 8. The van der Waals surface area contributed by atoms with E-state index in [0.29, 0.717) is 25.7 Å². The molecule has 0 fully saturated rings. The van der Waals surface area contributed by atoms with Crippen LogP contribution in [0.5, 0.6) is 0 Å². The van der Waals surface area contributed by atoms with Gasteiger partial charge in [0, 0.05) is 25.7 Å². The van der Waals surface area contributed by atoms with Crippen LogP contribution in [0.25, 0.3) is 0 Å². The summed E-state index contributed by atoms with van der Waals surface area (Å²) in [6, 6.07) is 0. The van der Waals surface area contributed by atoms with Gasteiger partial charge < -0.3 is 18.9 Å². The van der Waals surface area contributed by atoms with Crippen molar-refractivity contribution in [1.82, 2.24) is 0 Å². The predicted octanol–water partition coefficient (Wildman–Crippen LogP) is 7.70. The Morgan fingerprint density at radius 1 is 0.342 bits per heavy atom. The molecule has 0 bridgehead atoms. The van der Waals surface area contributed by atoms with E-state index >= 15 is 0 Å². The molecular formula is C30H54O8. The summed E-state index contributed by atoms with van der Waals surface area (Å²) in [4.78, 5) is 46.6.